The second-order valence-corrected chi connectivity index (χ2v) is 12.2. The molecule has 244 valence electrons. The van der Waals surface area contributed by atoms with E-state index in [0.717, 1.165) is 19.2 Å². The van der Waals surface area contributed by atoms with Crippen molar-refractivity contribution < 1.29 is 48.3 Å². The third-order valence-corrected chi connectivity index (χ3v) is 9.40. The van der Waals surface area contributed by atoms with Crippen LogP contribution in [-0.4, -0.2) is 56.8 Å². The Labute approximate surface area is 252 Å². The number of carbonyl (C=O) groups excluding carboxylic acids is 1. The molecular weight excluding hydrogens is 640 g/mol. The average Bonchev–Trinajstić information content (AvgIpc) is 3.28. The van der Waals surface area contributed by atoms with Crippen LogP contribution >= 0.6 is 0 Å². The smallest absolute Gasteiger partial charge is 0.351 e. The molecule has 1 N–H and O–H groups in total. The van der Waals surface area contributed by atoms with Crippen LogP contribution in [0.15, 0.2) is 41.9 Å². The fourth-order valence-corrected chi connectivity index (χ4v) is 6.67. The first-order chi connectivity index (χ1) is 20.9. The SMILES string of the molecule is CCC(C)c1ccnc(S(=O)(=O)N2[C@H](C(=O)NCc3cc(-c4cnc(C(F)(F)F)nc4)ncc3C(F)(F)F)C[C@@H](F)[C@@H]2C)c1F. The van der Waals surface area contributed by atoms with Crippen molar-refractivity contribution in [3.63, 3.8) is 0 Å². The van der Waals surface area contributed by atoms with Crippen molar-refractivity contribution in [2.24, 2.45) is 0 Å². The molecule has 18 heteroatoms. The van der Waals surface area contributed by atoms with Crippen molar-refractivity contribution in [1.82, 2.24) is 29.6 Å². The number of hydrogen-bond acceptors (Lipinski definition) is 7. The summed E-state index contributed by atoms with van der Waals surface area (Å²) in [6.07, 6.45) is -9.04. The molecule has 0 aromatic carbocycles. The van der Waals surface area contributed by atoms with Gasteiger partial charge in [0.15, 0.2) is 5.82 Å². The van der Waals surface area contributed by atoms with Gasteiger partial charge in [0.05, 0.1) is 17.3 Å². The minimum absolute atomic E-state index is 0.0438. The van der Waals surface area contributed by atoms with Gasteiger partial charge < -0.3 is 5.32 Å². The third-order valence-electron chi connectivity index (χ3n) is 7.48. The lowest BCUT2D eigenvalue weighted by Crippen LogP contribution is -2.48. The molecule has 4 heterocycles. The molecule has 1 aliphatic heterocycles. The lowest BCUT2D eigenvalue weighted by atomic mass is 10.00. The molecule has 0 saturated carbocycles. The first-order valence-corrected chi connectivity index (χ1v) is 14.9. The van der Waals surface area contributed by atoms with Gasteiger partial charge in [0, 0.05) is 43.3 Å². The average molecular weight is 667 g/mol. The Hall–Kier alpha value is -3.80. The molecular formula is C27H26F8N6O3S. The number of alkyl halides is 7. The summed E-state index contributed by atoms with van der Waals surface area (Å²) in [4.78, 5) is 26.8. The van der Waals surface area contributed by atoms with Crippen LogP contribution in [0.1, 0.15) is 62.0 Å². The Bertz CT molecular complexity index is 1670. The molecule has 1 unspecified atom stereocenters. The molecule has 1 saturated heterocycles. The van der Waals surface area contributed by atoms with Crippen molar-refractivity contribution in [3.8, 4) is 11.3 Å². The minimum atomic E-state index is -4.98. The van der Waals surface area contributed by atoms with Gasteiger partial charge in [0.25, 0.3) is 10.0 Å². The van der Waals surface area contributed by atoms with Crippen molar-refractivity contribution in [2.75, 3.05) is 0 Å². The molecule has 1 fully saturated rings. The Balaban J connectivity index is 1.64. The number of aromatic nitrogens is 4. The van der Waals surface area contributed by atoms with Crippen LogP contribution in [-0.2, 0) is 33.7 Å². The van der Waals surface area contributed by atoms with Crippen LogP contribution in [0.5, 0.6) is 0 Å². The van der Waals surface area contributed by atoms with Crippen LogP contribution in [0.2, 0.25) is 0 Å². The van der Waals surface area contributed by atoms with Crippen LogP contribution in [0.4, 0.5) is 35.1 Å². The van der Waals surface area contributed by atoms with E-state index in [1.54, 1.807) is 13.8 Å². The van der Waals surface area contributed by atoms with Gasteiger partial charge in [-0.15, -0.1) is 0 Å². The first-order valence-electron chi connectivity index (χ1n) is 13.4. The number of nitrogens with one attached hydrogen (secondary N) is 1. The number of halogens is 8. The lowest BCUT2D eigenvalue weighted by molar-refractivity contribution is -0.145. The molecule has 3 aromatic heterocycles. The zero-order chi connectivity index (χ0) is 33.5. The topological polar surface area (TPSA) is 118 Å². The van der Waals surface area contributed by atoms with E-state index in [1.807, 2.05) is 0 Å². The minimum Gasteiger partial charge on any atom is -0.351 e. The van der Waals surface area contributed by atoms with Gasteiger partial charge in [-0.25, -0.2) is 32.2 Å². The number of pyridine rings is 2. The lowest BCUT2D eigenvalue weighted by Gasteiger charge is -2.27. The zero-order valence-electron chi connectivity index (χ0n) is 23.8. The predicted octanol–water partition coefficient (Wildman–Crippen LogP) is 5.43. The standard InChI is InChI=1S/C27H26F8N6O3S/c1-4-13(2)17-5-6-36-24(22(17)29)45(43,44)41-14(3)19(28)8-21(41)23(42)38-9-15-7-20(37-12-18(15)26(30,31)32)16-10-39-25(40-11-16)27(33,34)35/h5-7,10-14,19,21H,4,8-9H2,1-3H3,(H,38,42)/t13?,14-,19+,21-/m0/s1. The number of amides is 1. The highest BCUT2D eigenvalue weighted by Crippen LogP contribution is 2.36. The monoisotopic (exact) mass is 666 g/mol. The van der Waals surface area contributed by atoms with Crippen LogP contribution in [0.3, 0.4) is 0 Å². The van der Waals surface area contributed by atoms with Crippen LogP contribution < -0.4 is 5.32 Å². The maximum Gasteiger partial charge on any atom is 0.451 e. The molecule has 4 rings (SSSR count). The Morgan fingerprint density at radius 2 is 1.71 bits per heavy atom. The Kier molecular flexibility index (Phi) is 9.49. The summed E-state index contributed by atoms with van der Waals surface area (Å²) in [5, 5.41) is 1.16. The normalized spacial score (nSPS) is 20.3. The highest BCUT2D eigenvalue weighted by Gasteiger charge is 2.50. The fourth-order valence-electron chi connectivity index (χ4n) is 4.85. The fraction of sp³-hybridized carbons (Fsp3) is 0.444. The van der Waals surface area contributed by atoms with Gasteiger partial charge >= 0.3 is 12.4 Å². The molecule has 0 radical (unpaired) electrons. The molecule has 0 aliphatic carbocycles. The van der Waals surface area contributed by atoms with Gasteiger partial charge in [-0.05, 0) is 42.5 Å². The zero-order valence-corrected chi connectivity index (χ0v) is 24.6. The first kappa shape index (κ1) is 34.1. The number of rotatable bonds is 8. The molecule has 0 spiro atoms. The van der Waals surface area contributed by atoms with Gasteiger partial charge in [-0.3, -0.25) is 9.78 Å². The highest BCUT2D eigenvalue weighted by molar-refractivity contribution is 7.89. The van der Waals surface area contributed by atoms with E-state index in [-0.39, 0.29) is 16.8 Å². The molecule has 4 atom stereocenters. The largest absolute Gasteiger partial charge is 0.451 e. The van der Waals surface area contributed by atoms with Gasteiger partial charge in [0.2, 0.25) is 16.8 Å². The number of hydrogen-bond donors (Lipinski definition) is 1. The summed E-state index contributed by atoms with van der Waals surface area (Å²) in [6, 6.07) is -1.07. The van der Waals surface area contributed by atoms with Gasteiger partial charge in [0.1, 0.15) is 12.2 Å². The quantitative estimate of drug-likeness (QED) is 0.319. The summed E-state index contributed by atoms with van der Waals surface area (Å²) in [5.41, 5.74) is -2.28. The second kappa shape index (κ2) is 12.5. The van der Waals surface area contributed by atoms with Crippen molar-refractivity contribution in [3.05, 3.63) is 65.3 Å². The molecule has 1 amide bonds. The summed E-state index contributed by atoms with van der Waals surface area (Å²) in [6.45, 7) is 3.71. The predicted molar refractivity (Wildman–Crippen MR) is 142 cm³/mol. The molecule has 9 nitrogen and oxygen atoms in total. The van der Waals surface area contributed by atoms with E-state index in [4.69, 9.17) is 0 Å². The summed E-state index contributed by atoms with van der Waals surface area (Å²) in [7, 11) is -4.92. The maximum atomic E-state index is 15.4. The van der Waals surface area contributed by atoms with Crippen LogP contribution in [0, 0.1) is 5.82 Å². The van der Waals surface area contributed by atoms with E-state index in [0.29, 0.717) is 29.3 Å². The van der Waals surface area contributed by atoms with Crippen molar-refractivity contribution in [1.29, 1.82) is 0 Å². The summed E-state index contributed by atoms with van der Waals surface area (Å²) < 4.78 is 138. The van der Waals surface area contributed by atoms with Crippen LogP contribution in [0.25, 0.3) is 11.3 Å². The number of nitrogens with zero attached hydrogens (tertiary/aromatic N) is 5. The molecule has 3 aromatic rings. The van der Waals surface area contributed by atoms with Crippen molar-refractivity contribution in [2.45, 2.75) is 81.7 Å². The van der Waals surface area contributed by atoms with Gasteiger partial charge in [-0.1, -0.05) is 13.8 Å². The summed E-state index contributed by atoms with van der Waals surface area (Å²) in [5.74, 6) is -4.21. The van der Waals surface area contributed by atoms with E-state index in [2.05, 4.69) is 25.3 Å². The Morgan fingerprint density at radius 1 is 1.07 bits per heavy atom. The third kappa shape index (κ3) is 6.90. The van der Waals surface area contributed by atoms with E-state index in [1.165, 1.54) is 6.07 Å². The molecule has 0 bridgehead atoms. The highest BCUT2D eigenvalue weighted by atomic mass is 32.2. The maximum absolute atomic E-state index is 15.4. The Morgan fingerprint density at radius 3 is 2.29 bits per heavy atom. The van der Waals surface area contributed by atoms with E-state index >= 15 is 4.39 Å². The second-order valence-electron chi connectivity index (χ2n) is 10.4. The van der Waals surface area contributed by atoms with Gasteiger partial charge in [-0.2, -0.15) is 30.6 Å². The number of carbonyl (C=O) groups is 1. The van der Waals surface area contributed by atoms with E-state index < -0.39 is 93.2 Å². The summed E-state index contributed by atoms with van der Waals surface area (Å²) >= 11 is 0. The molecule has 1 aliphatic rings. The van der Waals surface area contributed by atoms with Crippen molar-refractivity contribution >= 4 is 15.9 Å². The molecule has 45 heavy (non-hydrogen) atoms. The number of sulfonamides is 1. The van der Waals surface area contributed by atoms with E-state index in [9.17, 15) is 43.9 Å².